The molecule has 0 atom stereocenters. The summed E-state index contributed by atoms with van der Waals surface area (Å²) >= 11 is 0. The summed E-state index contributed by atoms with van der Waals surface area (Å²) in [5.41, 5.74) is 2.50. The highest BCUT2D eigenvalue weighted by atomic mass is 19.1. The number of carbonyl (C=O) groups excluding carboxylic acids is 2. The molecular weight excluding hydrogens is 634 g/mol. The van der Waals surface area contributed by atoms with Crippen molar-refractivity contribution in [2.75, 3.05) is 5.32 Å². The van der Waals surface area contributed by atoms with Crippen LogP contribution in [0.4, 0.5) is 19.3 Å². The third-order valence-corrected chi connectivity index (χ3v) is 8.03. The second kappa shape index (κ2) is 11.8. The first-order valence-corrected chi connectivity index (χ1v) is 15.4. The fourth-order valence-corrected chi connectivity index (χ4v) is 5.86. The summed E-state index contributed by atoms with van der Waals surface area (Å²) in [6, 6.07) is 14.1. The highest BCUT2D eigenvalue weighted by Gasteiger charge is 2.26. The van der Waals surface area contributed by atoms with Crippen molar-refractivity contribution < 1.29 is 27.8 Å². The maximum Gasteiger partial charge on any atom is 0.435 e. The van der Waals surface area contributed by atoms with Crippen molar-refractivity contribution in [3.63, 3.8) is 0 Å². The molecule has 0 saturated carbocycles. The van der Waals surface area contributed by atoms with Crippen LogP contribution in [-0.4, -0.2) is 41.7 Å². The van der Waals surface area contributed by atoms with Gasteiger partial charge in [0, 0.05) is 52.4 Å². The monoisotopic (exact) mass is 664 g/mol. The number of nitrogens with one attached hydrogen (secondary N) is 1. The van der Waals surface area contributed by atoms with Crippen LogP contribution in [0, 0.1) is 18.6 Å². The average molecular weight is 665 g/mol. The minimum Gasteiger partial charge on any atom is -0.454 e. The molecule has 49 heavy (non-hydrogen) atoms. The summed E-state index contributed by atoms with van der Waals surface area (Å²) in [7, 11) is 0. The Bertz CT molecular complexity index is 2350. The second-order valence-electron chi connectivity index (χ2n) is 12.6. The zero-order valence-electron chi connectivity index (χ0n) is 27.0. The van der Waals surface area contributed by atoms with Crippen LogP contribution in [0.15, 0.2) is 84.0 Å². The molecule has 3 aromatic carbocycles. The fourth-order valence-electron chi connectivity index (χ4n) is 5.86. The number of nitrogens with zero attached hydrogens (tertiary/aromatic N) is 5. The molecule has 4 heterocycles. The van der Waals surface area contributed by atoms with Gasteiger partial charge in [-0.3, -0.25) is 18.8 Å². The SMILES string of the molecule is Cc1ccc(C(=O)Nc2ccc(Oc3cc4c5c(cnn5CC4)c3-c3cnn(C(=O)OC(C)(C)C)c3)c(F)c2)c(=O)n1-c1ccc(F)cc1. The summed E-state index contributed by atoms with van der Waals surface area (Å²) in [5, 5.41) is 12.0. The van der Waals surface area contributed by atoms with Crippen molar-refractivity contribution in [2.45, 2.75) is 46.3 Å². The van der Waals surface area contributed by atoms with Crippen LogP contribution in [0.5, 0.6) is 11.5 Å². The van der Waals surface area contributed by atoms with Gasteiger partial charge in [-0.2, -0.15) is 14.9 Å². The normalized spacial score (nSPS) is 12.4. The topological polar surface area (TPSA) is 122 Å². The Balaban J connectivity index is 1.18. The summed E-state index contributed by atoms with van der Waals surface area (Å²) in [4.78, 5) is 39.2. The Morgan fingerprint density at radius 2 is 1.71 bits per heavy atom. The fraction of sp³-hybridized carbons (Fsp3) is 0.194. The predicted octanol–water partition coefficient (Wildman–Crippen LogP) is 7.02. The lowest BCUT2D eigenvalue weighted by Gasteiger charge is -2.18. The Kier molecular flexibility index (Phi) is 7.61. The van der Waals surface area contributed by atoms with E-state index in [1.165, 1.54) is 59.4 Å². The Morgan fingerprint density at radius 3 is 2.45 bits per heavy atom. The van der Waals surface area contributed by atoms with Gasteiger partial charge < -0.3 is 14.8 Å². The van der Waals surface area contributed by atoms with Crippen molar-refractivity contribution in [2.24, 2.45) is 0 Å². The van der Waals surface area contributed by atoms with Gasteiger partial charge in [0.2, 0.25) is 0 Å². The van der Waals surface area contributed by atoms with Crippen molar-refractivity contribution in [1.29, 1.82) is 0 Å². The number of halogens is 2. The van der Waals surface area contributed by atoms with E-state index in [0.717, 1.165) is 27.2 Å². The number of pyridine rings is 1. The molecule has 0 saturated heterocycles. The zero-order valence-corrected chi connectivity index (χ0v) is 27.0. The van der Waals surface area contributed by atoms with Crippen LogP contribution in [0.25, 0.3) is 27.7 Å². The van der Waals surface area contributed by atoms with Crippen LogP contribution in [0.3, 0.4) is 0 Å². The van der Waals surface area contributed by atoms with Gasteiger partial charge in [-0.05, 0) is 94.3 Å². The molecule has 0 unspecified atom stereocenters. The van der Waals surface area contributed by atoms with Gasteiger partial charge >= 0.3 is 6.09 Å². The number of anilines is 1. The van der Waals surface area contributed by atoms with E-state index in [4.69, 9.17) is 9.47 Å². The van der Waals surface area contributed by atoms with Crippen molar-refractivity contribution in [1.82, 2.24) is 24.1 Å². The molecule has 0 fully saturated rings. The van der Waals surface area contributed by atoms with Gasteiger partial charge in [0.05, 0.1) is 17.9 Å². The Morgan fingerprint density at radius 1 is 0.939 bits per heavy atom. The van der Waals surface area contributed by atoms with E-state index in [2.05, 4.69) is 15.5 Å². The molecule has 13 heteroatoms. The number of hydrogen-bond donors (Lipinski definition) is 1. The molecule has 1 amide bonds. The highest BCUT2D eigenvalue weighted by Crippen LogP contribution is 2.43. The molecule has 1 aliphatic rings. The molecule has 1 aliphatic heterocycles. The first kappa shape index (κ1) is 31.5. The van der Waals surface area contributed by atoms with E-state index in [9.17, 15) is 18.8 Å². The van der Waals surface area contributed by atoms with Crippen LogP contribution < -0.4 is 15.6 Å². The number of rotatable bonds is 6. The van der Waals surface area contributed by atoms with E-state index in [0.29, 0.717) is 41.2 Å². The highest BCUT2D eigenvalue weighted by molar-refractivity contribution is 6.04. The first-order valence-electron chi connectivity index (χ1n) is 15.4. The number of hydrogen-bond acceptors (Lipinski definition) is 7. The summed E-state index contributed by atoms with van der Waals surface area (Å²) < 4.78 is 45.0. The number of aryl methyl sites for hydroxylation is 3. The largest absolute Gasteiger partial charge is 0.454 e. The second-order valence-corrected chi connectivity index (χ2v) is 12.6. The quantitative estimate of drug-likeness (QED) is 0.203. The Hall–Kier alpha value is -6.11. The number of carbonyl (C=O) groups is 2. The van der Waals surface area contributed by atoms with E-state index >= 15 is 4.39 Å². The number of ether oxygens (including phenoxy) is 2. The molecule has 0 spiro atoms. The molecule has 248 valence electrons. The third kappa shape index (κ3) is 5.94. The van der Waals surface area contributed by atoms with Crippen LogP contribution in [-0.2, 0) is 17.7 Å². The number of aromatic nitrogens is 5. The average Bonchev–Trinajstić information content (AvgIpc) is 3.79. The Labute approximate surface area is 278 Å². The standard InChI is InChI=1S/C36H30F2N6O5/c1-20-5-11-26(34(46)44(20)25-9-6-23(37)7-10-25)33(45)41-24-8-12-29(28(38)16-24)48-30-15-21-13-14-42-32(21)27(18-40-42)31(30)22-17-39-43(19-22)35(47)49-36(2,3)4/h5-12,15-19H,13-14H2,1-4H3,(H,41,45). The van der Waals surface area contributed by atoms with E-state index in [1.54, 1.807) is 40.0 Å². The first-order chi connectivity index (χ1) is 23.4. The molecule has 11 nitrogen and oxygen atoms in total. The predicted molar refractivity (Wildman–Crippen MR) is 177 cm³/mol. The number of amides is 1. The summed E-state index contributed by atoms with van der Waals surface area (Å²) in [6.45, 7) is 7.64. The molecule has 0 bridgehead atoms. The lowest BCUT2D eigenvalue weighted by molar-refractivity contribution is 0.0514. The van der Waals surface area contributed by atoms with Gasteiger partial charge in [0.15, 0.2) is 11.6 Å². The summed E-state index contributed by atoms with van der Waals surface area (Å²) in [5.74, 6) is -1.77. The lowest BCUT2D eigenvalue weighted by atomic mass is 10.00. The van der Waals surface area contributed by atoms with Gasteiger partial charge in [0.1, 0.15) is 22.7 Å². The summed E-state index contributed by atoms with van der Waals surface area (Å²) in [6.07, 6.45) is 4.79. The third-order valence-electron chi connectivity index (χ3n) is 8.03. The van der Waals surface area contributed by atoms with Crippen molar-refractivity contribution >= 4 is 28.6 Å². The smallest absolute Gasteiger partial charge is 0.435 e. The minimum atomic E-state index is -0.770. The van der Waals surface area contributed by atoms with Gasteiger partial charge in [-0.25, -0.2) is 13.6 Å². The van der Waals surface area contributed by atoms with E-state index in [-0.39, 0.29) is 17.0 Å². The number of benzene rings is 3. The molecule has 0 aliphatic carbocycles. The zero-order chi connectivity index (χ0) is 34.6. The van der Waals surface area contributed by atoms with Crippen LogP contribution in [0.1, 0.15) is 42.4 Å². The molecule has 6 aromatic rings. The van der Waals surface area contributed by atoms with Crippen LogP contribution in [0.2, 0.25) is 0 Å². The molecule has 7 rings (SSSR count). The molecular formula is C36H30F2N6O5. The van der Waals surface area contributed by atoms with Gasteiger partial charge in [-0.15, -0.1) is 0 Å². The minimum absolute atomic E-state index is 0.0948. The van der Waals surface area contributed by atoms with Crippen molar-refractivity contribution in [3.05, 3.63) is 118 Å². The molecule has 1 N–H and O–H groups in total. The van der Waals surface area contributed by atoms with E-state index in [1.807, 2.05) is 10.7 Å². The lowest BCUT2D eigenvalue weighted by Crippen LogP contribution is -2.29. The maximum atomic E-state index is 15.6. The molecule has 0 radical (unpaired) electrons. The van der Waals surface area contributed by atoms with Crippen molar-refractivity contribution in [3.8, 4) is 28.3 Å². The maximum absolute atomic E-state index is 15.6. The van der Waals surface area contributed by atoms with Gasteiger partial charge in [-0.1, -0.05) is 0 Å². The molecule has 3 aromatic heterocycles. The van der Waals surface area contributed by atoms with E-state index < -0.39 is 34.8 Å². The van der Waals surface area contributed by atoms with Crippen LogP contribution >= 0.6 is 0 Å². The van der Waals surface area contributed by atoms with Gasteiger partial charge in [0.25, 0.3) is 11.5 Å².